The van der Waals surface area contributed by atoms with E-state index in [4.69, 9.17) is 9.47 Å². The van der Waals surface area contributed by atoms with Crippen LogP contribution in [-0.4, -0.2) is 10.9 Å². The van der Waals surface area contributed by atoms with Crippen LogP contribution in [0.25, 0.3) is 0 Å². The highest BCUT2D eigenvalue weighted by molar-refractivity contribution is 8.05. The molecule has 0 radical (unpaired) electrons. The van der Waals surface area contributed by atoms with E-state index in [1.807, 2.05) is 11.5 Å². The van der Waals surface area contributed by atoms with Crippen LogP contribution in [0.4, 0.5) is 5.69 Å². The van der Waals surface area contributed by atoms with Gasteiger partial charge in [0.15, 0.2) is 0 Å². The number of benzene rings is 1. The van der Waals surface area contributed by atoms with Crippen LogP contribution in [0.15, 0.2) is 95.0 Å². The molecule has 1 aliphatic heterocycles. The molecule has 1 aromatic carbocycles. The fourth-order valence-electron chi connectivity index (χ4n) is 3.18. The number of hydrogen-bond acceptors (Lipinski definition) is 5. The summed E-state index contributed by atoms with van der Waals surface area (Å²) in [5, 5.41) is 6.46. The Morgan fingerprint density at radius 2 is 2.07 bits per heavy atom. The third-order valence-electron chi connectivity index (χ3n) is 4.46. The summed E-state index contributed by atoms with van der Waals surface area (Å²) in [5.74, 6) is 1.63. The van der Waals surface area contributed by atoms with Gasteiger partial charge in [0.2, 0.25) is 11.8 Å². The summed E-state index contributed by atoms with van der Waals surface area (Å²) in [6.45, 7) is 1.45. The second kappa shape index (κ2) is 8.84. The Morgan fingerprint density at radius 1 is 1.21 bits per heavy atom. The Morgan fingerprint density at radius 3 is 2.83 bits per heavy atom. The quantitative estimate of drug-likeness (QED) is 0.714. The number of rotatable bonds is 5. The standard InChI is InChI=1S/C23H20N2O3S/c1-16(26)25-18-11-12-22(24-13-18)28-23-15-29-14-21(27-23)20-10-6-5-9-19(20)17-7-3-2-4-8-17/h2-8,10-15,19H,9H2,1H3,(H,25,26). The van der Waals surface area contributed by atoms with Gasteiger partial charge in [-0.1, -0.05) is 60.3 Å². The summed E-state index contributed by atoms with van der Waals surface area (Å²) in [6.07, 6.45) is 8.80. The molecule has 1 aliphatic carbocycles. The third kappa shape index (κ3) is 4.78. The van der Waals surface area contributed by atoms with Gasteiger partial charge in [0.05, 0.1) is 17.3 Å². The van der Waals surface area contributed by atoms with Crippen molar-refractivity contribution in [3.8, 4) is 5.88 Å². The zero-order chi connectivity index (χ0) is 20.1. The first-order valence-corrected chi connectivity index (χ1v) is 10.2. The number of thioether (sulfide) groups is 1. The van der Waals surface area contributed by atoms with Crippen LogP contribution >= 0.6 is 11.8 Å². The number of hydrogen-bond donors (Lipinski definition) is 1. The van der Waals surface area contributed by atoms with Gasteiger partial charge in [-0.2, -0.15) is 0 Å². The van der Waals surface area contributed by atoms with Crippen molar-refractivity contribution in [3.63, 3.8) is 0 Å². The summed E-state index contributed by atoms with van der Waals surface area (Å²) >= 11 is 1.51. The maximum absolute atomic E-state index is 11.1. The number of pyridine rings is 1. The van der Waals surface area contributed by atoms with Crippen LogP contribution in [0.3, 0.4) is 0 Å². The number of carbonyl (C=O) groups excluding carboxylic acids is 1. The molecule has 5 nitrogen and oxygen atoms in total. The predicted octanol–water partition coefficient (Wildman–Crippen LogP) is 5.49. The summed E-state index contributed by atoms with van der Waals surface area (Å²) in [6, 6.07) is 13.8. The number of aromatic nitrogens is 1. The van der Waals surface area contributed by atoms with Crippen molar-refractivity contribution in [1.82, 2.24) is 4.98 Å². The molecule has 2 heterocycles. The van der Waals surface area contributed by atoms with Gasteiger partial charge in [-0.15, -0.1) is 0 Å². The number of anilines is 1. The Kier molecular flexibility index (Phi) is 5.81. The molecule has 1 unspecified atom stereocenters. The van der Waals surface area contributed by atoms with Crippen molar-refractivity contribution in [2.75, 3.05) is 5.32 Å². The molecule has 1 amide bonds. The SMILES string of the molecule is CC(=O)Nc1ccc(OC2=CSC=C(C3=CC=CCC3c3ccccc3)O2)nc1. The van der Waals surface area contributed by atoms with Gasteiger partial charge < -0.3 is 14.8 Å². The molecule has 4 rings (SSSR count). The average Bonchev–Trinajstić information content (AvgIpc) is 2.76. The van der Waals surface area contributed by atoms with E-state index in [1.165, 1.54) is 24.2 Å². The van der Waals surface area contributed by atoms with Crippen LogP contribution in [0.5, 0.6) is 5.88 Å². The molecule has 0 spiro atoms. The van der Waals surface area contributed by atoms with Gasteiger partial charge in [0.25, 0.3) is 5.95 Å². The highest BCUT2D eigenvalue weighted by Crippen LogP contribution is 2.39. The number of nitrogens with one attached hydrogen (secondary N) is 1. The van der Waals surface area contributed by atoms with E-state index in [1.54, 1.807) is 23.7 Å². The molecule has 1 atom stereocenters. The number of amides is 1. The molecule has 0 fully saturated rings. The van der Waals surface area contributed by atoms with Crippen LogP contribution < -0.4 is 10.1 Å². The first-order chi connectivity index (χ1) is 14.2. The minimum Gasteiger partial charge on any atom is -0.425 e. The predicted molar refractivity (Wildman–Crippen MR) is 115 cm³/mol. The minimum atomic E-state index is -0.146. The van der Waals surface area contributed by atoms with Crippen LogP contribution in [0.2, 0.25) is 0 Å². The largest absolute Gasteiger partial charge is 0.425 e. The summed E-state index contributed by atoms with van der Waals surface area (Å²) < 4.78 is 11.8. The van der Waals surface area contributed by atoms with Gasteiger partial charge in [-0.25, -0.2) is 4.98 Å². The normalized spacial score (nSPS) is 18.1. The molecule has 146 valence electrons. The highest BCUT2D eigenvalue weighted by atomic mass is 32.2. The summed E-state index contributed by atoms with van der Waals surface area (Å²) in [5.41, 5.74) is 2.99. The van der Waals surface area contributed by atoms with Gasteiger partial charge in [-0.3, -0.25) is 4.79 Å². The van der Waals surface area contributed by atoms with Crippen molar-refractivity contribution >= 4 is 23.4 Å². The number of nitrogens with zero attached hydrogens (tertiary/aromatic N) is 1. The molecule has 29 heavy (non-hydrogen) atoms. The topological polar surface area (TPSA) is 60.5 Å². The maximum atomic E-state index is 11.1. The summed E-state index contributed by atoms with van der Waals surface area (Å²) in [4.78, 5) is 15.3. The van der Waals surface area contributed by atoms with Crippen molar-refractivity contribution in [3.05, 3.63) is 101 Å². The van der Waals surface area contributed by atoms with Crippen LogP contribution in [0.1, 0.15) is 24.8 Å². The Balaban J connectivity index is 1.46. The lowest BCUT2D eigenvalue weighted by molar-refractivity contribution is -0.114. The van der Waals surface area contributed by atoms with Crippen molar-refractivity contribution in [2.45, 2.75) is 19.3 Å². The third-order valence-corrected chi connectivity index (χ3v) is 5.14. The van der Waals surface area contributed by atoms with E-state index in [0.29, 0.717) is 17.5 Å². The zero-order valence-corrected chi connectivity index (χ0v) is 16.7. The van der Waals surface area contributed by atoms with Gasteiger partial charge in [0.1, 0.15) is 5.76 Å². The molecule has 0 bridgehead atoms. The number of ether oxygens (including phenoxy) is 2. The van der Waals surface area contributed by atoms with Gasteiger partial charge in [0, 0.05) is 29.9 Å². The minimum absolute atomic E-state index is 0.146. The second-order valence-corrected chi connectivity index (χ2v) is 7.32. The molecule has 6 heteroatoms. The van der Waals surface area contributed by atoms with Gasteiger partial charge >= 0.3 is 0 Å². The smallest absolute Gasteiger partial charge is 0.298 e. The molecule has 2 aromatic rings. The Labute approximate surface area is 173 Å². The Hall–Kier alpha value is -3.25. The van der Waals surface area contributed by atoms with E-state index in [2.05, 4.69) is 52.8 Å². The van der Waals surface area contributed by atoms with Crippen molar-refractivity contribution in [2.24, 2.45) is 0 Å². The molecule has 2 aliphatic rings. The second-order valence-electron chi connectivity index (χ2n) is 6.57. The van der Waals surface area contributed by atoms with E-state index in [9.17, 15) is 4.79 Å². The molecular weight excluding hydrogens is 384 g/mol. The average molecular weight is 404 g/mol. The first kappa shape index (κ1) is 19.1. The first-order valence-electron chi connectivity index (χ1n) is 9.26. The lowest BCUT2D eigenvalue weighted by Gasteiger charge is -2.25. The lowest BCUT2D eigenvalue weighted by atomic mass is 9.84. The molecular formula is C23H20N2O3S. The molecule has 1 N–H and O–H groups in total. The van der Waals surface area contributed by atoms with Crippen LogP contribution in [0, 0.1) is 0 Å². The lowest BCUT2D eigenvalue weighted by Crippen LogP contribution is -2.12. The van der Waals surface area contributed by atoms with E-state index >= 15 is 0 Å². The highest BCUT2D eigenvalue weighted by Gasteiger charge is 2.24. The van der Waals surface area contributed by atoms with Crippen LogP contribution in [-0.2, 0) is 9.53 Å². The van der Waals surface area contributed by atoms with E-state index in [-0.39, 0.29) is 11.8 Å². The molecule has 1 aromatic heterocycles. The van der Waals surface area contributed by atoms with Crippen molar-refractivity contribution < 1.29 is 14.3 Å². The van der Waals surface area contributed by atoms with Gasteiger partial charge in [-0.05, 0) is 18.1 Å². The Bertz CT molecular complexity index is 1010. The molecule has 0 saturated heterocycles. The maximum Gasteiger partial charge on any atom is 0.298 e. The zero-order valence-electron chi connectivity index (χ0n) is 15.9. The fraction of sp³-hybridized carbons (Fsp3) is 0.130. The summed E-state index contributed by atoms with van der Waals surface area (Å²) in [7, 11) is 0. The monoisotopic (exact) mass is 404 g/mol. The van der Waals surface area contributed by atoms with E-state index < -0.39 is 0 Å². The fourth-order valence-corrected chi connectivity index (χ4v) is 3.77. The van der Waals surface area contributed by atoms with Crippen molar-refractivity contribution in [1.29, 1.82) is 0 Å². The molecule has 0 saturated carbocycles. The number of carbonyl (C=O) groups is 1. The van der Waals surface area contributed by atoms with E-state index in [0.717, 1.165) is 17.8 Å². The number of allylic oxidation sites excluding steroid dienone is 4.